The Balaban J connectivity index is 1.77. The van der Waals surface area contributed by atoms with Crippen LogP contribution in [0.5, 0.6) is 0 Å². The lowest BCUT2D eigenvalue weighted by molar-refractivity contribution is 0.0846. The average molecular weight is 479 g/mol. The maximum Gasteiger partial charge on any atom is 0.271 e. The maximum atomic E-state index is 12.7. The first kappa shape index (κ1) is 22.5. The molecule has 0 atom stereocenters. The fourth-order valence-corrected chi connectivity index (χ4v) is 3.93. The Morgan fingerprint density at radius 2 is 1.68 bits per heavy atom. The molecule has 3 aromatic rings. The molecule has 3 rings (SSSR count). The van der Waals surface area contributed by atoms with Crippen molar-refractivity contribution in [2.75, 3.05) is 4.72 Å². The van der Waals surface area contributed by atoms with Gasteiger partial charge in [-0.05, 0) is 55.0 Å². The summed E-state index contributed by atoms with van der Waals surface area (Å²) in [7, 11) is -4.03. The van der Waals surface area contributed by atoms with Crippen LogP contribution in [0.2, 0.25) is 10.0 Å². The number of sulfonamides is 1. The molecule has 0 radical (unpaired) electrons. The molecule has 2 amide bonds. The van der Waals surface area contributed by atoms with Crippen molar-refractivity contribution in [2.24, 2.45) is 0 Å². The van der Waals surface area contributed by atoms with Crippen LogP contribution in [0.15, 0.2) is 65.8 Å². The molecule has 160 valence electrons. The monoisotopic (exact) mass is 478 g/mol. The maximum absolute atomic E-state index is 12.7. The van der Waals surface area contributed by atoms with Crippen molar-refractivity contribution in [1.29, 1.82) is 0 Å². The van der Waals surface area contributed by atoms with Gasteiger partial charge in [0.15, 0.2) is 0 Å². The second kappa shape index (κ2) is 9.34. The first-order valence-corrected chi connectivity index (χ1v) is 11.0. The van der Waals surface area contributed by atoms with E-state index in [1.165, 1.54) is 36.7 Å². The number of amides is 2. The number of anilines is 1. The number of rotatable bonds is 5. The molecule has 0 fully saturated rings. The Morgan fingerprint density at radius 3 is 2.35 bits per heavy atom. The summed E-state index contributed by atoms with van der Waals surface area (Å²) in [4.78, 5) is 28.1. The van der Waals surface area contributed by atoms with Crippen LogP contribution in [0, 0.1) is 6.92 Å². The van der Waals surface area contributed by atoms with E-state index in [0.717, 1.165) is 11.6 Å². The van der Waals surface area contributed by atoms with E-state index >= 15 is 0 Å². The highest BCUT2D eigenvalue weighted by Gasteiger charge is 2.20. The molecular weight excluding hydrogens is 463 g/mol. The minimum absolute atomic E-state index is 0.00505. The Bertz CT molecular complexity index is 1250. The van der Waals surface area contributed by atoms with E-state index in [0.29, 0.717) is 5.02 Å². The predicted octanol–water partition coefficient (Wildman–Crippen LogP) is 3.57. The first-order valence-electron chi connectivity index (χ1n) is 8.76. The second-order valence-electron chi connectivity index (χ2n) is 6.36. The van der Waals surface area contributed by atoms with Gasteiger partial charge in [0, 0.05) is 17.4 Å². The zero-order chi connectivity index (χ0) is 22.6. The minimum atomic E-state index is -4.03. The third kappa shape index (κ3) is 5.52. The zero-order valence-corrected chi connectivity index (χ0v) is 18.3. The summed E-state index contributed by atoms with van der Waals surface area (Å²) in [6.07, 6.45) is 2.82. The summed E-state index contributed by atoms with van der Waals surface area (Å²) < 4.78 is 27.9. The number of benzene rings is 2. The Labute approximate surface area is 188 Å². The van der Waals surface area contributed by atoms with Crippen LogP contribution in [-0.2, 0) is 10.0 Å². The normalized spacial score (nSPS) is 10.9. The number of halogens is 2. The Morgan fingerprint density at radius 1 is 0.935 bits per heavy atom. The van der Waals surface area contributed by atoms with E-state index in [1.807, 2.05) is 0 Å². The topological polar surface area (TPSA) is 117 Å². The summed E-state index contributed by atoms with van der Waals surface area (Å²) in [6, 6.07) is 11.4. The molecule has 0 spiro atoms. The number of pyridine rings is 1. The quantitative estimate of drug-likeness (QED) is 0.484. The summed E-state index contributed by atoms with van der Waals surface area (Å²) in [5, 5.41) is 0.409. The van der Waals surface area contributed by atoms with Crippen molar-refractivity contribution in [3.63, 3.8) is 0 Å². The third-order valence-corrected chi connectivity index (χ3v) is 6.25. The summed E-state index contributed by atoms with van der Waals surface area (Å²) >= 11 is 12.1. The van der Waals surface area contributed by atoms with E-state index < -0.39 is 21.8 Å². The molecule has 11 heteroatoms. The fraction of sp³-hybridized carbons (Fsp3) is 0.0500. The molecule has 3 N–H and O–H groups in total. The lowest BCUT2D eigenvalue weighted by Crippen LogP contribution is -2.41. The fourth-order valence-electron chi connectivity index (χ4n) is 2.47. The van der Waals surface area contributed by atoms with Crippen LogP contribution in [0.1, 0.15) is 26.3 Å². The van der Waals surface area contributed by atoms with Gasteiger partial charge in [-0.2, -0.15) is 0 Å². The van der Waals surface area contributed by atoms with Crippen molar-refractivity contribution >= 4 is 50.7 Å². The van der Waals surface area contributed by atoms with Gasteiger partial charge in [-0.1, -0.05) is 29.3 Å². The standard InChI is InChI=1S/C20H16Cl2N4O4S/c1-12-4-5-14(9-18(12)22)26-31(29,30)15-6-7-17(21)16(10-15)20(28)25-24-19(27)13-3-2-8-23-11-13/h2-11,26H,1H3,(H,24,27)(H,25,28). The molecule has 8 nitrogen and oxygen atoms in total. The molecular formula is C20H16Cl2N4O4S. The summed E-state index contributed by atoms with van der Waals surface area (Å²) in [5.41, 5.74) is 5.56. The number of aromatic nitrogens is 1. The summed E-state index contributed by atoms with van der Waals surface area (Å²) in [6.45, 7) is 1.79. The van der Waals surface area contributed by atoms with Crippen molar-refractivity contribution in [2.45, 2.75) is 11.8 Å². The number of hydrazine groups is 1. The molecule has 0 aliphatic rings. The molecule has 31 heavy (non-hydrogen) atoms. The largest absolute Gasteiger partial charge is 0.280 e. The van der Waals surface area contributed by atoms with Gasteiger partial charge in [0.2, 0.25) is 0 Å². The molecule has 0 bridgehead atoms. The molecule has 1 heterocycles. The van der Waals surface area contributed by atoms with Gasteiger partial charge < -0.3 is 0 Å². The number of aryl methyl sites for hydroxylation is 1. The van der Waals surface area contributed by atoms with Gasteiger partial charge in [0.05, 0.1) is 26.7 Å². The van der Waals surface area contributed by atoms with Gasteiger partial charge in [-0.3, -0.25) is 30.1 Å². The van der Waals surface area contributed by atoms with Crippen LogP contribution in [0.3, 0.4) is 0 Å². The van der Waals surface area contributed by atoms with E-state index in [9.17, 15) is 18.0 Å². The van der Waals surface area contributed by atoms with Crippen molar-refractivity contribution < 1.29 is 18.0 Å². The zero-order valence-electron chi connectivity index (χ0n) is 16.0. The van der Waals surface area contributed by atoms with E-state index in [2.05, 4.69) is 20.6 Å². The SMILES string of the molecule is Cc1ccc(NS(=O)(=O)c2ccc(Cl)c(C(=O)NNC(=O)c3cccnc3)c2)cc1Cl. The van der Waals surface area contributed by atoms with Gasteiger partial charge in [0.25, 0.3) is 21.8 Å². The first-order chi connectivity index (χ1) is 14.7. The molecule has 0 saturated carbocycles. The van der Waals surface area contributed by atoms with E-state index in [1.54, 1.807) is 25.1 Å². The number of carbonyl (C=O) groups is 2. The Kier molecular flexibility index (Phi) is 6.79. The van der Waals surface area contributed by atoms with E-state index in [4.69, 9.17) is 23.2 Å². The lowest BCUT2D eigenvalue weighted by atomic mass is 10.2. The molecule has 0 aliphatic carbocycles. The third-order valence-electron chi connectivity index (χ3n) is 4.13. The van der Waals surface area contributed by atoms with Crippen LogP contribution in [-0.4, -0.2) is 25.2 Å². The molecule has 0 saturated heterocycles. The van der Waals surface area contributed by atoms with Gasteiger partial charge in [0.1, 0.15) is 0 Å². The van der Waals surface area contributed by atoms with Gasteiger partial charge in [-0.25, -0.2) is 8.42 Å². The number of hydrogen-bond donors (Lipinski definition) is 3. The number of hydrogen-bond acceptors (Lipinski definition) is 5. The van der Waals surface area contributed by atoms with E-state index in [-0.39, 0.29) is 26.7 Å². The number of nitrogens with one attached hydrogen (secondary N) is 3. The van der Waals surface area contributed by atoms with Crippen LogP contribution < -0.4 is 15.6 Å². The second-order valence-corrected chi connectivity index (χ2v) is 8.86. The van der Waals surface area contributed by atoms with Gasteiger partial charge in [-0.15, -0.1) is 0 Å². The van der Waals surface area contributed by atoms with Crippen molar-refractivity contribution in [1.82, 2.24) is 15.8 Å². The minimum Gasteiger partial charge on any atom is -0.280 e. The highest BCUT2D eigenvalue weighted by atomic mass is 35.5. The van der Waals surface area contributed by atoms with Crippen molar-refractivity contribution in [3.8, 4) is 0 Å². The highest BCUT2D eigenvalue weighted by molar-refractivity contribution is 7.92. The number of carbonyl (C=O) groups excluding carboxylic acids is 2. The molecule has 0 aliphatic heterocycles. The highest BCUT2D eigenvalue weighted by Crippen LogP contribution is 2.25. The van der Waals surface area contributed by atoms with Crippen molar-refractivity contribution in [3.05, 3.63) is 87.7 Å². The van der Waals surface area contributed by atoms with Crippen LogP contribution in [0.25, 0.3) is 0 Å². The Hall–Kier alpha value is -3.14. The predicted molar refractivity (Wildman–Crippen MR) is 118 cm³/mol. The average Bonchev–Trinajstić information content (AvgIpc) is 2.75. The van der Waals surface area contributed by atoms with Crippen LogP contribution >= 0.6 is 23.2 Å². The number of nitrogens with zero attached hydrogens (tertiary/aromatic N) is 1. The molecule has 0 unspecified atom stereocenters. The van der Waals surface area contributed by atoms with Crippen LogP contribution in [0.4, 0.5) is 5.69 Å². The lowest BCUT2D eigenvalue weighted by Gasteiger charge is -2.12. The molecule has 1 aromatic heterocycles. The summed E-state index contributed by atoms with van der Waals surface area (Å²) in [5.74, 6) is -1.39. The smallest absolute Gasteiger partial charge is 0.271 e. The van der Waals surface area contributed by atoms with Gasteiger partial charge >= 0.3 is 0 Å². The molecule has 2 aromatic carbocycles.